The maximum absolute atomic E-state index is 12.6. The molecule has 9 heteroatoms. The number of nitrogens with one attached hydrogen (secondary N) is 3. The molecule has 3 aromatic rings. The summed E-state index contributed by atoms with van der Waals surface area (Å²) in [4.78, 5) is 40.7. The topological polar surface area (TPSA) is 118 Å². The van der Waals surface area contributed by atoms with Crippen LogP contribution in [-0.4, -0.2) is 38.5 Å². The molecular weight excluding hydrogens is 396 g/mol. The first-order chi connectivity index (χ1) is 14.9. The van der Waals surface area contributed by atoms with Crippen LogP contribution in [0.25, 0.3) is 17.1 Å². The zero-order valence-electron chi connectivity index (χ0n) is 17.5. The quantitative estimate of drug-likeness (QED) is 0.526. The molecule has 0 aliphatic rings. The maximum Gasteiger partial charge on any atom is 0.309 e. The molecule has 0 saturated heterocycles. The minimum atomic E-state index is -0.785. The Kier molecular flexibility index (Phi) is 6.76. The summed E-state index contributed by atoms with van der Waals surface area (Å²) < 4.78 is 1.57. The Labute approximate surface area is 179 Å². The molecule has 0 unspecified atom stereocenters. The summed E-state index contributed by atoms with van der Waals surface area (Å²) in [5.41, 5.74) is 6.18. The fourth-order valence-corrected chi connectivity index (χ4v) is 2.94. The largest absolute Gasteiger partial charge is 0.344 e. The summed E-state index contributed by atoms with van der Waals surface area (Å²) in [5, 5.41) is 6.90. The molecule has 0 fully saturated rings. The van der Waals surface area contributed by atoms with Crippen molar-refractivity contribution in [3.8, 4) is 17.1 Å². The first-order valence-corrected chi connectivity index (χ1v) is 9.82. The highest BCUT2D eigenvalue weighted by Gasteiger charge is 2.24. The minimum Gasteiger partial charge on any atom is -0.344 e. The molecule has 31 heavy (non-hydrogen) atoms. The van der Waals surface area contributed by atoms with Gasteiger partial charge in [-0.2, -0.15) is 0 Å². The van der Waals surface area contributed by atoms with Gasteiger partial charge in [0.2, 0.25) is 11.7 Å². The van der Waals surface area contributed by atoms with E-state index in [1.807, 2.05) is 60.7 Å². The number of amides is 3. The molecule has 3 N–H and O–H groups in total. The molecule has 0 spiro atoms. The van der Waals surface area contributed by atoms with Gasteiger partial charge < -0.3 is 5.32 Å². The minimum absolute atomic E-state index is 0.108. The molecule has 0 saturated carbocycles. The van der Waals surface area contributed by atoms with Crippen LogP contribution in [0.1, 0.15) is 31.4 Å². The van der Waals surface area contributed by atoms with Gasteiger partial charge in [-0.3, -0.25) is 25.2 Å². The highest BCUT2D eigenvalue weighted by atomic mass is 16.2. The standard InChI is InChI=1S/C22H24N6O3/c1-14(2)18(23-15(3)29)21(30)25-26-22(31)19-24-20(16-10-6-4-7-11-16)28(27-19)17-12-8-5-9-13-17/h4-14,18H,1-3H3,(H,23,29)(H,25,30)(H,26,31)/t18-/m1/s1. The lowest BCUT2D eigenvalue weighted by Crippen LogP contribution is -2.54. The Morgan fingerprint density at radius 2 is 1.52 bits per heavy atom. The van der Waals surface area contributed by atoms with Crippen LogP contribution in [0, 0.1) is 5.92 Å². The van der Waals surface area contributed by atoms with Crippen LogP contribution in [0.5, 0.6) is 0 Å². The molecule has 0 aliphatic carbocycles. The summed E-state index contributed by atoms with van der Waals surface area (Å²) >= 11 is 0. The highest BCUT2D eigenvalue weighted by Crippen LogP contribution is 2.20. The Morgan fingerprint density at radius 1 is 0.903 bits per heavy atom. The predicted molar refractivity (Wildman–Crippen MR) is 115 cm³/mol. The van der Waals surface area contributed by atoms with Crippen LogP contribution in [0.3, 0.4) is 0 Å². The smallest absolute Gasteiger partial charge is 0.309 e. The van der Waals surface area contributed by atoms with Gasteiger partial charge in [-0.05, 0) is 18.1 Å². The molecule has 3 amide bonds. The Morgan fingerprint density at radius 3 is 2.10 bits per heavy atom. The molecule has 0 aliphatic heterocycles. The number of hydrogen-bond acceptors (Lipinski definition) is 5. The van der Waals surface area contributed by atoms with Crippen molar-refractivity contribution in [1.29, 1.82) is 0 Å². The highest BCUT2D eigenvalue weighted by molar-refractivity contribution is 5.94. The number of nitrogens with zero attached hydrogens (tertiary/aromatic N) is 3. The van der Waals surface area contributed by atoms with Gasteiger partial charge >= 0.3 is 5.91 Å². The average Bonchev–Trinajstić information content (AvgIpc) is 3.22. The predicted octanol–water partition coefficient (Wildman–Crippen LogP) is 1.86. The summed E-state index contributed by atoms with van der Waals surface area (Å²) in [6.45, 7) is 4.90. The fourth-order valence-electron chi connectivity index (χ4n) is 2.94. The van der Waals surface area contributed by atoms with E-state index in [1.54, 1.807) is 18.5 Å². The Balaban J connectivity index is 1.82. The summed E-state index contributed by atoms with van der Waals surface area (Å²) in [6, 6.07) is 17.9. The molecule has 2 aromatic carbocycles. The van der Waals surface area contributed by atoms with Gasteiger partial charge in [-0.1, -0.05) is 62.4 Å². The molecular formula is C22H24N6O3. The normalized spacial score (nSPS) is 11.6. The van der Waals surface area contributed by atoms with E-state index in [2.05, 4.69) is 26.3 Å². The molecule has 0 radical (unpaired) electrons. The van der Waals surface area contributed by atoms with Crippen LogP contribution in [0.15, 0.2) is 60.7 Å². The molecule has 1 aromatic heterocycles. The summed E-state index contributed by atoms with van der Waals surface area (Å²) in [7, 11) is 0. The van der Waals surface area contributed by atoms with Crippen LogP contribution in [-0.2, 0) is 9.59 Å². The van der Waals surface area contributed by atoms with Gasteiger partial charge in [0.15, 0.2) is 5.82 Å². The zero-order valence-corrected chi connectivity index (χ0v) is 17.5. The molecule has 1 heterocycles. The number of hydrogen-bond donors (Lipinski definition) is 3. The number of carbonyl (C=O) groups excluding carboxylic acids is 3. The molecule has 3 rings (SSSR count). The van der Waals surface area contributed by atoms with Gasteiger partial charge in [0, 0.05) is 12.5 Å². The number of aromatic nitrogens is 3. The third kappa shape index (κ3) is 5.33. The van der Waals surface area contributed by atoms with E-state index in [-0.39, 0.29) is 17.6 Å². The number of carbonyl (C=O) groups is 3. The van der Waals surface area contributed by atoms with E-state index in [1.165, 1.54) is 6.92 Å². The molecule has 0 bridgehead atoms. The number of benzene rings is 2. The maximum atomic E-state index is 12.6. The van der Waals surface area contributed by atoms with Gasteiger partial charge in [0.05, 0.1) is 5.69 Å². The second-order valence-corrected chi connectivity index (χ2v) is 7.24. The summed E-state index contributed by atoms with van der Waals surface area (Å²) in [6.07, 6.45) is 0. The molecule has 1 atom stereocenters. The van der Waals surface area contributed by atoms with E-state index in [4.69, 9.17) is 0 Å². The molecule has 9 nitrogen and oxygen atoms in total. The van der Waals surface area contributed by atoms with Gasteiger partial charge in [-0.15, -0.1) is 5.10 Å². The monoisotopic (exact) mass is 420 g/mol. The number of para-hydroxylation sites is 1. The van der Waals surface area contributed by atoms with Gasteiger partial charge in [0.25, 0.3) is 5.91 Å². The second-order valence-electron chi connectivity index (χ2n) is 7.24. The van der Waals surface area contributed by atoms with E-state index in [9.17, 15) is 14.4 Å². The third-order valence-electron chi connectivity index (χ3n) is 4.45. The number of hydrazine groups is 1. The lowest BCUT2D eigenvalue weighted by atomic mass is 10.0. The van der Waals surface area contributed by atoms with E-state index in [0.29, 0.717) is 5.82 Å². The van der Waals surface area contributed by atoms with Gasteiger partial charge in [-0.25, -0.2) is 9.67 Å². The zero-order chi connectivity index (χ0) is 22.4. The van der Waals surface area contributed by atoms with Crippen LogP contribution in [0.2, 0.25) is 0 Å². The van der Waals surface area contributed by atoms with Crippen LogP contribution in [0.4, 0.5) is 0 Å². The lowest BCUT2D eigenvalue weighted by molar-refractivity contribution is -0.129. The van der Waals surface area contributed by atoms with Crippen molar-refractivity contribution in [2.45, 2.75) is 26.8 Å². The van der Waals surface area contributed by atoms with Gasteiger partial charge in [0.1, 0.15) is 6.04 Å². The van der Waals surface area contributed by atoms with Crippen molar-refractivity contribution in [1.82, 2.24) is 30.9 Å². The van der Waals surface area contributed by atoms with Crippen molar-refractivity contribution in [3.05, 3.63) is 66.5 Å². The summed E-state index contributed by atoms with van der Waals surface area (Å²) in [5.74, 6) is -1.34. The van der Waals surface area contributed by atoms with E-state index < -0.39 is 17.9 Å². The van der Waals surface area contributed by atoms with Crippen molar-refractivity contribution < 1.29 is 14.4 Å². The number of rotatable bonds is 6. The second kappa shape index (κ2) is 9.66. The van der Waals surface area contributed by atoms with Crippen LogP contribution >= 0.6 is 0 Å². The first-order valence-electron chi connectivity index (χ1n) is 9.82. The molecule has 160 valence electrons. The van der Waals surface area contributed by atoms with Crippen molar-refractivity contribution >= 4 is 17.7 Å². The Hall–Kier alpha value is -4.01. The average molecular weight is 420 g/mol. The third-order valence-corrected chi connectivity index (χ3v) is 4.45. The van der Waals surface area contributed by atoms with E-state index >= 15 is 0 Å². The van der Waals surface area contributed by atoms with Crippen molar-refractivity contribution in [3.63, 3.8) is 0 Å². The SMILES string of the molecule is CC(=O)N[C@@H](C(=O)NNC(=O)c1nc(-c2ccccc2)n(-c2ccccc2)n1)C(C)C. The lowest BCUT2D eigenvalue weighted by Gasteiger charge is -2.20. The van der Waals surface area contributed by atoms with E-state index in [0.717, 1.165) is 11.3 Å². The van der Waals surface area contributed by atoms with Crippen molar-refractivity contribution in [2.75, 3.05) is 0 Å². The van der Waals surface area contributed by atoms with Crippen molar-refractivity contribution in [2.24, 2.45) is 5.92 Å². The first kappa shape index (κ1) is 21.7. The Bertz CT molecular complexity index is 1010. The fraction of sp³-hybridized carbons (Fsp3) is 0.227. The van der Waals surface area contributed by atoms with Crippen LogP contribution < -0.4 is 16.2 Å².